The highest BCUT2D eigenvalue weighted by Crippen LogP contribution is 2.31. The average Bonchev–Trinajstić information content (AvgIpc) is 3.43. The summed E-state index contributed by atoms with van der Waals surface area (Å²) < 4.78 is 16.9. The monoisotopic (exact) mass is 479 g/mol. The number of hydrogen-bond acceptors (Lipinski definition) is 7. The van der Waals surface area contributed by atoms with Gasteiger partial charge in [-0.3, -0.25) is 9.69 Å². The van der Waals surface area contributed by atoms with Crippen molar-refractivity contribution >= 4 is 32.9 Å². The molecule has 4 aromatic rings. The van der Waals surface area contributed by atoms with Gasteiger partial charge < -0.3 is 4.90 Å². The molecule has 8 nitrogen and oxygen atoms in total. The van der Waals surface area contributed by atoms with Gasteiger partial charge >= 0.3 is 0 Å². The first kappa shape index (κ1) is 22.5. The second kappa shape index (κ2) is 8.81. The molecule has 0 radical (unpaired) electrons. The molecule has 1 aliphatic rings. The zero-order chi connectivity index (χ0) is 24.0. The first-order chi connectivity index (χ1) is 16.4. The number of aryl methyl sites for hydroxylation is 1. The van der Waals surface area contributed by atoms with E-state index in [2.05, 4.69) is 34.7 Å². The lowest BCUT2D eigenvalue weighted by Gasteiger charge is -2.44. The van der Waals surface area contributed by atoms with Crippen LogP contribution in [0.25, 0.3) is 15.9 Å². The van der Waals surface area contributed by atoms with E-state index in [-0.39, 0.29) is 29.2 Å². The molecule has 4 aromatic heterocycles. The first-order valence-corrected chi connectivity index (χ1v) is 12.2. The summed E-state index contributed by atoms with van der Waals surface area (Å²) in [5, 5.41) is 9.71. The Balaban J connectivity index is 1.44. The van der Waals surface area contributed by atoms with E-state index in [0.29, 0.717) is 11.3 Å². The zero-order valence-electron chi connectivity index (χ0n) is 19.4. The number of piperazine rings is 1. The summed E-state index contributed by atoms with van der Waals surface area (Å²) in [4.78, 5) is 27.5. The Bertz CT molecular complexity index is 1470. The number of halogens is 1. The number of pyridine rings is 1. The number of rotatable bonds is 5. The van der Waals surface area contributed by atoms with E-state index in [1.807, 2.05) is 12.1 Å². The summed E-state index contributed by atoms with van der Waals surface area (Å²) >= 11 is 1.08. The second-order valence-electron chi connectivity index (χ2n) is 8.73. The van der Waals surface area contributed by atoms with Crippen LogP contribution in [-0.4, -0.2) is 49.7 Å². The summed E-state index contributed by atoms with van der Waals surface area (Å²) in [5.41, 5.74) is 2.97. The Hall–Kier alpha value is -3.29. The molecule has 0 N–H and O–H groups in total. The van der Waals surface area contributed by atoms with Crippen molar-refractivity contribution in [3.05, 3.63) is 57.3 Å². The predicted octanol–water partition coefficient (Wildman–Crippen LogP) is 3.51. The summed E-state index contributed by atoms with van der Waals surface area (Å²) in [6.07, 6.45) is 2.86. The number of hydrogen-bond donors (Lipinski definition) is 0. The number of nitriles is 1. The van der Waals surface area contributed by atoms with Crippen molar-refractivity contribution in [3.63, 3.8) is 0 Å². The third kappa shape index (κ3) is 3.85. The maximum absolute atomic E-state index is 13.6. The van der Waals surface area contributed by atoms with Crippen molar-refractivity contribution < 1.29 is 4.39 Å². The molecule has 0 bridgehead atoms. The number of imidazole rings is 1. The van der Waals surface area contributed by atoms with E-state index in [1.54, 1.807) is 23.8 Å². The van der Waals surface area contributed by atoms with Gasteiger partial charge in [-0.2, -0.15) is 9.65 Å². The Labute approximate surface area is 200 Å². The van der Waals surface area contributed by atoms with Crippen molar-refractivity contribution in [1.29, 1.82) is 5.26 Å². The predicted molar refractivity (Wildman–Crippen MR) is 131 cm³/mol. The van der Waals surface area contributed by atoms with E-state index in [1.165, 1.54) is 10.7 Å². The van der Waals surface area contributed by atoms with Crippen molar-refractivity contribution in [2.24, 2.45) is 7.05 Å². The molecule has 0 aliphatic carbocycles. The normalized spacial score (nSPS) is 18.0. The van der Waals surface area contributed by atoms with Crippen molar-refractivity contribution in [3.8, 4) is 6.07 Å². The molecule has 0 saturated carbocycles. The number of thiophene rings is 1. The maximum atomic E-state index is 13.6. The molecule has 5 rings (SSSR count). The van der Waals surface area contributed by atoms with Crippen molar-refractivity contribution in [2.75, 3.05) is 24.5 Å². The number of nitrogens with zero attached hydrogens (tertiary/aromatic N) is 7. The molecule has 5 heterocycles. The van der Waals surface area contributed by atoms with Gasteiger partial charge in [0.2, 0.25) is 0 Å². The van der Waals surface area contributed by atoms with Crippen LogP contribution in [-0.2, 0) is 13.5 Å². The molecule has 34 heavy (non-hydrogen) atoms. The van der Waals surface area contributed by atoms with Crippen molar-refractivity contribution in [2.45, 2.75) is 38.8 Å². The lowest BCUT2D eigenvalue weighted by Crippen LogP contribution is -2.54. The number of aromatic nitrogens is 4. The van der Waals surface area contributed by atoms with Crippen LogP contribution in [0.15, 0.2) is 35.3 Å². The van der Waals surface area contributed by atoms with Crippen LogP contribution in [0, 0.1) is 16.5 Å². The molecular formula is C24H26FN7OS. The van der Waals surface area contributed by atoms with Crippen molar-refractivity contribution in [1.82, 2.24) is 24.1 Å². The Kier molecular flexibility index (Phi) is 5.83. The van der Waals surface area contributed by atoms with Crippen LogP contribution >= 0.6 is 11.3 Å². The molecule has 0 amide bonds. The molecule has 0 aromatic carbocycles. The Morgan fingerprint density at radius 1 is 1.29 bits per heavy atom. The minimum Gasteiger partial charge on any atom is -0.363 e. The van der Waals surface area contributed by atoms with Gasteiger partial charge in [0.1, 0.15) is 4.83 Å². The SMILES string of the molecule is CCC1CN(C(C)c2ccc3cc(F)sc3n2)CCN1c1cc(=O)n(C)n2cc(CC#N)nc12. The second-order valence-corrected chi connectivity index (χ2v) is 9.71. The first-order valence-electron chi connectivity index (χ1n) is 11.4. The van der Waals surface area contributed by atoms with E-state index in [9.17, 15) is 9.18 Å². The zero-order valence-corrected chi connectivity index (χ0v) is 20.2. The highest BCUT2D eigenvalue weighted by Gasteiger charge is 2.31. The minimum atomic E-state index is -0.218. The lowest BCUT2D eigenvalue weighted by atomic mass is 10.0. The molecule has 0 spiro atoms. The van der Waals surface area contributed by atoms with Gasteiger partial charge in [-0.1, -0.05) is 18.3 Å². The van der Waals surface area contributed by atoms with E-state index < -0.39 is 0 Å². The Morgan fingerprint density at radius 3 is 2.88 bits per heavy atom. The molecule has 2 unspecified atom stereocenters. The third-order valence-corrected chi connectivity index (χ3v) is 7.61. The lowest BCUT2D eigenvalue weighted by molar-refractivity contribution is 0.166. The van der Waals surface area contributed by atoms with Crippen LogP contribution in [0.2, 0.25) is 0 Å². The Morgan fingerprint density at radius 2 is 2.12 bits per heavy atom. The molecule has 10 heteroatoms. The van der Waals surface area contributed by atoms with Gasteiger partial charge in [0.15, 0.2) is 10.8 Å². The van der Waals surface area contributed by atoms with Gasteiger partial charge in [0.05, 0.1) is 35.8 Å². The van der Waals surface area contributed by atoms with Crippen LogP contribution in [0.4, 0.5) is 10.1 Å². The highest BCUT2D eigenvalue weighted by atomic mass is 32.1. The molecule has 1 aliphatic heterocycles. The van der Waals surface area contributed by atoms with E-state index in [4.69, 9.17) is 10.2 Å². The molecule has 176 valence electrons. The quantitative estimate of drug-likeness (QED) is 0.436. The smallest absolute Gasteiger partial charge is 0.267 e. The van der Waals surface area contributed by atoms with Crippen LogP contribution < -0.4 is 10.5 Å². The van der Waals surface area contributed by atoms with Gasteiger partial charge in [-0.15, -0.1) is 0 Å². The summed E-state index contributed by atoms with van der Waals surface area (Å²) in [6, 6.07) is 9.51. The van der Waals surface area contributed by atoms with Crippen LogP contribution in [0.5, 0.6) is 0 Å². The van der Waals surface area contributed by atoms with Crippen LogP contribution in [0.1, 0.15) is 37.7 Å². The maximum Gasteiger partial charge on any atom is 0.267 e. The highest BCUT2D eigenvalue weighted by molar-refractivity contribution is 7.17. The standard InChI is InChI=1S/C24H26FN7OS/c1-4-18-14-30(15(2)19-6-5-16-11-21(25)34-24(16)28-19)9-10-31(18)20-12-22(33)29(3)32-13-17(7-8-26)27-23(20)32/h5-6,11-13,15,18H,4,7,9-10,14H2,1-3H3. The fourth-order valence-electron chi connectivity index (χ4n) is 4.80. The van der Waals surface area contributed by atoms with Gasteiger partial charge in [-0.05, 0) is 31.5 Å². The summed E-state index contributed by atoms with van der Waals surface area (Å²) in [5.74, 6) is 0. The van der Waals surface area contributed by atoms with Gasteiger partial charge in [0.25, 0.3) is 5.56 Å². The summed E-state index contributed by atoms with van der Waals surface area (Å²) in [6.45, 7) is 6.63. The topological polar surface area (TPSA) is 82.5 Å². The van der Waals surface area contributed by atoms with E-state index >= 15 is 0 Å². The number of fused-ring (bicyclic) bond motifs is 2. The fraction of sp³-hybridized carbons (Fsp3) is 0.417. The molecule has 1 fully saturated rings. The molecule has 2 atom stereocenters. The average molecular weight is 480 g/mol. The minimum absolute atomic E-state index is 0.0862. The van der Waals surface area contributed by atoms with Gasteiger partial charge in [0, 0.05) is 50.2 Å². The van der Waals surface area contributed by atoms with Crippen LogP contribution in [0.3, 0.4) is 0 Å². The third-order valence-electron chi connectivity index (χ3n) is 6.77. The molecule has 1 saturated heterocycles. The summed E-state index contributed by atoms with van der Waals surface area (Å²) in [7, 11) is 1.71. The molecular weight excluding hydrogens is 453 g/mol. The largest absolute Gasteiger partial charge is 0.363 e. The fourth-order valence-corrected chi connectivity index (χ4v) is 5.57. The number of anilines is 1. The van der Waals surface area contributed by atoms with Gasteiger partial charge in [-0.25, -0.2) is 19.2 Å². The van der Waals surface area contributed by atoms with E-state index in [0.717, 1.165) is 59.0 Å².